The van der Waals surface area contributed by atoms with Crippen LogP contribution in [0.5, 0.6) is 0 Å². The first-order valence-electron chi connectivity index (χ1n) is 9.07. The van der Waals surface area contributed by atoms with Crippen LogP contribution >= 0.6 is 0 Å². The lowest BCUT2D eigenvalue weighted by atomic mass is 10.0. The molecule has 0 atom stereocenters. The Labute approximate surface area is 151 Å². The summed E-state index contributed by atoms with van der Waals surface area (Å²) in [5.74, 6) is 0.999. The molecule has 0 radical (unpaired) electrons. The standard InChI is InChI=1S/C20H30N4O/c1-6-12-24(13-7-2)18(25)14-17-19(21-22-20(17)23(4)5)16-10-8-15(3)9-11-16/h8-11H,6-7,12-14H2,1-5H3,(H,21,22). The van der Waals surface area contributed by atoms with E-state index in [1.165, 1.54) is 5.56 Å². The quantitative estimate of drug-likeness (QED) is 0.797. The molecule has 25 heavy (non-hydrogen) atoms. The minimum absolute atomic E-state index is 0.168. The van der Waals surface area contributed by atoms with E-state index in [1.807, 2.05) is 23.9 Å². The van der Waals surface area contributed by atoms with E-state index >= 15 is 0 Å². The summed E-state index contributed by atoms with van der Waals surface area (Å²) in [6.45, 7) is 7.90. The largest absolute Gasteiger partial charge is 0.361 e. The molecule has 1 heterocycles. The summed E-state index contributed by atoms with van der Waals surface area (Å²) in [4.78, 5) is 16.8. The zero-order valence-electron chi connectivity index (χ0n) is 16.1. The fraction of sp³-hybridized carbons (Fsp3) is 0.500. The Kier molecular flexibility index (Phi) is 6.62. The van der Waals surface area contributed by atoms with Gasteiger partial charge in [-0.05, 0) is 25.3 Å². The monoisotopic (exact) mass is 342 g/mol. The number of hydrogen-bond donors (Lipinski definition) is 1. The average Bonchev–Trinajstić information content (AvgIpc) is 2.99. The van der Waals surface area contributed by atoms with Gasteiger partial charge in [-0.2, -0.15) is 5.10 Å². The molecule has 0 fully saturated rings. The van der Waals surface area contributed by atoms with E-state index in [2.05, 4.69) is 55.2 Å². The third-order valence-electron chi connectivity index (χ3n) is 4.28. The van der Waals surface area contributed by atoms with Gasteiger partial charge in [0.1, 0.15) is 0 Å². The lowest BCUT2D eigenvalue weighted by molar-refractivity contribution is -0.130. The van der Waals surface area contributed by atoms with Crippen molar-refractivity contribution in [3.63, 3.8) is 0 Å². The molecule has 2 aromatic rings. The smallest absolute Gasteiger partial charge is 0.227 e. The Balaban J connectivity index is 2.35. The summed E-state index contributed by atoms with van der Waals surface area (Å²) >= 11 is 0. The van der Waals surface area contributed by atoms with Gasteiger partial charge >= 0.3 is 0 Å². The van der Waals surface area contributed by atoms with Crippen LogP contribution in [0.15, 0.2) is 24.3 Å². The molecular formula is C20H30N4O. The van der Waals surface area contributed by atoms with Crippen molar-refractivity contribution in [2.24, 2.45) is 0 Å². The maximum Gasteiger partial charge on any atom is 0.227 e. The molecule has 5 nitrogen and oxygen atoms in total. The van der Waals surface area contributed by atoms with Crippen LogP contribution in [0.25, 0.3) is 11.3 Å². The molecule has 136 valence electrons. The number of nitrogens with zero attached hydrogens (tertiary/aromatic N) is 3. The number of benzene rings is 1. The maximum absolute atomic E-state index is 12.9. The Morgan fingerprint density at radius 1 is 1.08 bits per heavy atom. The van der Waals surface area contributed by atoms with Gasteiger partial charge < -0.3 is 9.80 Å². The summed E-state index contributed by atoms with van der Waals surface area (Å²) in [6, 6.07) is 8.31. The van der Waals surface area contributed by atoms with E-state index in [0.717, 1.165) is 48.6 Å². The number of carbonyl (C=O) groups is 1. The van der Waals surface area contributed by atoms with E-state index < -0.39 is 0 Å². The molecule has 0 saturated heterocycles. The van der Waals surface area contributed by atoms with Gasteiger partial charge in [0.05, 0.1) is 12.1 Å². The number of aromatic nitrogens is 2. The Bertz CT molecular complexity index is 682. The normalized spacial score (nSPS) is 10.8. The summed E-state index contributed by atoms with van der Waals surface area (Å²) in [7, 11) is 3.91. The van der Waals surface area contributed by atoms with Gasteiger partial charge in [0, 0.05) is 32.7 Å². The highest BCUT2D eigenvalue weighted by Crippen LogP contribution is 2.29. The van der Waals surface area contributed by atoms with Gasteiger partial charge in [-0.3, -0.25) is 9.89 Å². The van der Waals surface area contributed by atoms with E-state index in [0.29, 0.717) is 6.42 Å². The molecule has 1 aromatic heterocycles. The zero-order valence-corrected chi connectivity index (χ0v) is 16.1. The molecule has 0 aliphatic rings. The van der Waals surface area contributed by atoms with Crippen LogP contribution in [0.1, 0.15) is 37.8 Å². The van der Waals surface area contributed by atoms with Gasteiger partial charge in [-0.25, -0.2) is 0 Å². The van der Waals surface area contributed by atoms with E-state index in [1.54, 1.807) is 0 Å². The van der Waals surface area contributed by atoms with Crippen LogP contribution in [0.4, 0.5) is 5.82 Å². The number of carbonyl (C=O) groups excluding carboxylic acids is 1. The minimum atomic E-state index is 0.168. The fourth-order valence-corrected chi connectivity index (χ4v) is 3.02. The number of hydrogen-bond acceptors (Lipinski definition) is 3. The minimum Gasteiger partial charge on any atom is -0.361 e. The van der Waals surface area contributed by atoms with Crippen LogP contribution in [-0.4, -0.2) is 48.2 Å². The maximum atomic E-state index is 12.9. The molecule has 0 spiro atoms. The van der Waals surface area contributed by atoms with Crippen LogP contribution in [0.2, 0.25) is 0 Å². The van der Waals surface area contributed by atoms with Gasteiger partial charge in [-0.15, -0.1) is 0 Å². The highest BCUT2D eigenvalue weighted by atomic mass is 16.2. The Hall–Kier alpha value is -2.30. The van der Waals surface area contributed by atoms with Crippen molar-refractivity contribution in [2.75, 3.05) is 32.1 Å². The van der Waals surface area contributed by atoms with Crippen molar-refractivity contribution in [3.05, 3.63) is 35.4 Å². The molecule has 0 saturated carbocycles. The highest BCUT2D eigenvalue weighted by Gasteiger charge is 2.21. The lowest BCUT2D eigenvalue weighted by Crippen LogP contribution is -2.34. The summed E-state index contributed by atoms with van der Waals surface area (Å²) < 4.78 is 0. The van der Waals surface area contributed by atoms with Gasteiger partial charge in [0.15, 0.2) is 5.82 Å². The topological polar surface area (TPSA) is 52.2 Å². The molecule has 1 amide bonds. The van der Waals surface area contributed by atoms with Crippen molar-refractivity contribution < 1.29 is 4.79 Å². The Morgan fingerprint density at radius 2 is 1.68 bits per heavy atom. The van der Waals surface area contributed by atoms with Gasteiger partial charge in [0.2, 0.25) is 5.91 Å². The third-order valence-corrected chi connectivity index (χ3v) is 4.28. The average molecular weight is 342 g/mol. The Morgan fingerprint density at radius 3 is 2.20 bits per heavy atom. The molecule has 0 aliphatic carbocycles. The van der Waals surface area contributed by atoms with E-state index in [-0.39, 0.29) is 5.91 Å². The van der Waals surface area contributed by atoms with E-state index in [9.17, 15) is 4.79 Å². The number of anilines is 1. The molecule has 0 unspecified atom stereocenters. The fourth-order valence-electron chi connectivity index (χ4n) is 3.02. The summed E-state index contributed by atoms with van der Waals surface area (Å²) in [6.07, 6.45) is 2.32. The highest BCUT2D eigenvalue weighted by molar-refractivity contribution is 5.84. The van der Waals surface area contributed by atoms with Crippen molar-refractivity contribution in [1.82, 2.24) is 15.1 Å². The molecule has 1 N–H and O–H groups in total. The number of aryl methyl sites for hydroxylation is 1. The van der Waals surface area contributed by atoms with Gasteiger partial charge in [0.25, 0.3) is 0 Å². The summed E-state index contributed by atoms with van der Waals surface area (Å²) in [5, 5.41) is 7.59. The second-order valence-corrected chi connectivity index (χ2v) is 6.72. The van der Waals surface area contributed by atoms with Crippen molar-refractivity contribution in [1.29, 1.82) is 0 Å². The molecule has 5 heteroatoms. The summed E-state index contributed by atoms with van der Waals surface area (Å²) in [5.41, 5.74) is 4.18. The molecule has 1 aromatic carbocycles. The first kappa shape index (κ1) is 19.0. The number of nitrogens with one attached hydrogen (secondary N) is 1. The van der Waals surface area contributed by atoms with Crippen LogP contribution in [0.3, 0.4) is 0 Å². The second-order valence-electron chi connectivity index (χ2n) is 6.72. The van der Waals surface area contributed by atoms with Crippen molar-refractivity contribution >= 4 is 11.7 Å². The number of H-pyrrole nitrogens is 1. The SMILES string of the molecule is CCCN(CCC)C(=O)Cc1c(N(C)C)n[nH]c1-c1ccc(C)cc1. The van der Waals surface area contributed by atoms with Crippen LogP contribution in [-0.2, 0) is 11.2 Å². The lowest BCUT2D eigenvalue weighted by Gasteiger charge is -2.22. The van der Waals surface area contributed by atoms with Gasteiger partial charge in [-0.1, -0.05) is 43.7 Å². The second kappa shape index (κ2) is 8.70. The van der Waals surface area contributed by atoms with E-state index in [4.69, 9.17) is 0 Å². The number of aromatic amines is 1. The number of rotatable bonds is 8. The van der Waals surface area contributed by atoms with Crippen LogP contribution < -0.4 is 4.90 Å². The third kappa shape index (κ3) is 4.62. The first-order valence-corrected chi connectivity index (χ1v) is 9.07. The molecular weight excluding hydrogens is 312 g/mol. The predicted octanol–water partition coefficient (Wildman–Crippen LogP) is 3.64. The number of amides is 1. The molecule has 0 aliphatic heterocycles. The van der Waals surface area contributed by atoms with Crippen molar-refractivity contribution in [3.8, 4) is 11.3 Å². The molecule has 0 bridgehead atoms. The zero-order chi connectivity index (χ0) is 18.4. The van der Waals surface area contributed by atoms with Crippen molar-refractivity contribution in [2.45, 2.75) is 40.0 Å². The molecule has 2 rings (SSSR count). The van der Waals surface area contributed by atoms with Crippen LogP contribution in [0, 0.1) is 6.92 Å². The first-order chi connectivity index (χ1) is 12.0. The predicted molar refractivity (Wildman–Crippen MR) is 104 cm³/mol.